The summed E-state index contributed by atoms with van der Waals surface area (Å²) in [5, 5.41) is 7.89. The maximum Gasteiger partial charge on any atom is 0.573 e. The molecule has 44 heavy (non-hydrogen) atoms. The number of urea groups is 1. The highest BCUT2D eigenvalue weighted by molar-refractivity contribution is 8.14. The van der Waals surface area contributed by atoms with Crippen molar-refractivity contribution in [1.29, 1.82) is 0 Å². The first-order chi connectivity index (χ1) is 21.1. The number of aryl methyl sites for hydroxylation is 1. The van der Waals surface area contributed by atoms with Gasteiger partial charge in [-0.1, -0.05) is 49.9 Å². The Hall–Kier alpha value is -4.39. The van der Waals surface area contributed by atoms with E-state index in [1.807, 2.05) is 43.0 Å². The monoisotopic (exact) mass is 626 g/mol. The van der Waals surface area contributed by atoms with Crippen LogP contribution in [-0.4, -0.2) is 51.2 Å². The summed E-state index contributed by atoms with van der Waals surface area (Å²) in [6.45, 7) is 5.17. The quantitative estimate of drug-likeness (QED) is 0.155. The normalized spacial score (nSPS) is 14.4. The van der Waals surface area contributed by atoms with Gasteiger partial charge < -0.3 is 15.0 Å². The Bertz CT molecular complexity index is 1620. The van der Waals surface area contributed by atoms with Crippen molar-refractivity contribution < 1.29 is 27.1 Å². The smallest absolute Gasteiger partial charge is 0.406 e. The van der Waals surface area contributed by atoms with Crippen molar-refractivity contribution >= 4 is 28.6 Å². The maximum atomic E-state index is 13.8. The van der Waals surface area contributed by atoms with Gasteiger partial charge in [-0.3, -0.25) is 0 Å². The molecule has 1 saturated heterocycles. The zero-order valence-electron chi connectivity index (χ0n) is 24.0. The molecule has 2 heterocycles. The fraction of sp³-hybridized carbons (Fsp3) is 0.290. The molecule has 1 fully saturated rings. The summed E-state index contributed by atoms with van der Waals surface area (Å²) in [7, 11) is 0. The van der Waals surface area contributed by atoms with Gasteiger partial charge in [-0.25, -0.2) is 18.9 Å². The van der Waals surface area contributed by atoms with E-state index >= 15 is 0 Å². The van der Waals surface area contributed by atoms with Gasteiger partial charge in [0.2, 0.25) is 0 Å². The molecule has 5 rings (SSSR count). The van der Waals surface area contributed by atoms with E-state index in [2.05, 4.69) is 25.1 Å². The van der Waals surface area contributed by atoms with Gasteiger partial charge in [0.25, 0.3) is 0 Å². The number of hydrogen-bond acceptors (Lipinski definition) is 5. The lowest BCUT2D eigenvalue weighted by atomic mass is 10.0. The molecule has 2 amide bonds. The highest BCUT2D eigenvalue weighted by atomic mass is 32.2. The fourth-order valence-electron chi connectivity index (χ4n) is 4.71. The number of nitrogens with zero attached hydrogens (tertiary/aromatic N) is 5. The molecular formula is C31H30F4N6O2S. The number of nitrogens with one attached hydrogen (secondary N) is 1. The number of ether oxygens (including phenoxy) is 1. The second-order valence-corrected chi connectivity index (χ2v) is 11.4. The number of anilines is 1. The number of carbonyl (C=O) groups is 1. The lowest BCUT2D eigenvalue weighted by Gasteiger charge is -2.23. The van der Waals surface area contributed by atoms with Crippen LogP contribution in [0.15, 0.2) is 78.0 Å². The van der Waals surface area contributed by atoms with Crippen LogP contribution in [-0.2, 0) is 6.42 Å². The number of aliphatic imine (C=N–C) groups is 1. The minimum absolute atomic E-state index is 0.125. The third-order valence-corrected chi connectivity index (χ3v) is 7.79. The van der Waals surface area contributed by atoms with E-state index in [1.165, 1.54) is 53.1 Å². The van der Waals surface area contributed by atoms with Gasteiger partial charge in [-0.15, -0.1) is 18.3 Å². The van der Waals surface area contributed by atoms with E-state index in [-0.39, 0.29) is 17.5 Å². The first-order valence-electron chi connectivity index (χ1n) is 14.0. The molecule has 0 bridgehead atoms. The molecule has 230 valence electrons. The van der Waals surface area contributed by atoms with Gasteiger partial charge in [0, 0.05) is 30.1 Å². The number of thioether (sulfide) groups is 1. The minimum atomic E-state index is -4.75. The Labute approximate surface area is 256 Å². The molecule has 0 aliphatic carbocycles. The lowest BCUT2D eigenvalue weighted by Crippen LogP contribution is -2.29. The predicted octanol–water partition coefficient (Wildman–Crippen LogP) is 7.35. The summed E-state index contributed by atoms with van der Waals surface area (Å²) in [5.74, 6) is 0.791. The summed E-state index contributed by atoms with van der Waals surface area (Å²) < 4.78 is 56.4. The largest absolute Gasteiger partial charge is 0.573 e. The summed E-state index contributed by atoms with van der Waals surface area (Å²) in [5.41, 5.74) is 4.15. The molecule has 1 aliphatic heterocycles. The van der Waals surface area contributed by atoms with E-state index in [1.54, 1.807) is 12.1 Å². The average Bonchev–Trinajstić information content (AvgIpc) is 3.66. The highest BCUT2D eigenvalue weighted by Crippen LogP contribution is 2.33. The molecule has 1 aromatic heterocycles. The van der Waals surface area contributed by atoms with Crippen molar-refractivity contribution in [1.82, 2.24) is 20.1 Å². The molecular weight excluding hydrogens is 596 g/mol. The van der Waals surface area contributed by atoms with E-state index in [0.717, 1.165) is 34.6 Å². The van der Waals surface area contributed by atoms with Crippen LogP contribution in [0.2, 0.25) is 0 Å². The molecule has 1 N–H and O–H groups in total. The number of carbonyl (C=O) groups excluding carboxylic acids is 1. The molecule has 0 radical (unpaired) electrons. The molecule has 0 saturated carbocycles. The van der Waals surface area contributed by atoms with Gasteiger partial charge in [0.1, 0.15) is 17.9 Å². The van der Waals surface area contributed by atoms with Crippen LogP contribution in [0.25, 0.3) is 17.1 Å². The van der Waals surface area contributed by atoms with Gasteiger partial charge in [0.15, 0.2) is 11.0 Å². The molecule has 0 atom stereocenters. The number of rotatable bonds is 9. The van der Waals surface area contributed by atoms with Crippen molar-refractivity contribution in [2.45, 2.75) is 39.0 Å². The topological polar surface area (TPSA) is 84.6 Å². The SMILES string of the molecule is CC(C)c1cc(F)ccc1N1CCS/C1=N\C(=O)NCCCc1ccc(-c2ncn(-c3ccc(OC(F)(F)F)cc3)n2)cc1. The molecule has 4 aromatic rings. The summed E-state index contributed by atoms with van der Waals surface area (Å²) in [6.07, 6.45) is -1.82. The van der Waals surface area contributed by atoms with Crippen LogP contribution in [0.5, 0.6) is 5.75 Å². The lowest BCUT2D eigenvalue weighted by molar-refractivity contribution is -0.274. The Kier molecular flexibility index (Phi) is 9.52. The van der Waals surface area contributed by atoms with Crippen LogP contribution in [0, 0.1) is 5.82 Å². The number of alkyl halides is 3. The number of amides is 2. The predicted molar refractivity (Wildman–Crippen MR) is 163 cm³/mol. The zero-order valence-corrected chi connectivity index (χ0v) is 24.8. The van der Waals surface area contributed by atoms with Crippen LogP contribution in [0.3, 0.4) is 0 Å². The summed E-state index contributed by atoms with van der Waals surface area (Å²) in [6, 6.07) is 17.4. The van der Waals surface area contributed by atoms with Crippen molar-refractivity contribution in [3.8, 4) is 22.8 Å². The second-order valence-electron chi connectivity index (χ2n) is 10.3. The standard InChI is InChI=1S/C31H30F4N6O2S/c1-20(2)26-18-23(32)9-14-27(26)40-16-17-44-30(40)38-29(42)36-15-3-4-21-5-7-22(8-6-21)28-37-19-41(39-28)24-10-12-25(13-11-24)43-31(33,34)35/h5-14,18-20H,3-4,15-17H2,1-2H3,(H,36,42)/b38-30-. The average molecular weight is 627 g/mol. The minimum Gasteiger partial charge on any atom is -0.406 e. The molecule has 8 nitrogen and oxygen atoms in total. The van der Waals surface area contributed by atoms with Gasteiger partial charge in [-0.2, -0.15) is 4.99 Å². The Morgan fingerprint density at radius 1 is 1.09 bits per heavy atom. The number of hydrogen-bond donors (Lipinski definition) is 1. The first kappa shape index (κ1) is 31.0. The molecule has 0 spiro atoms. The molecule has 0 unspecified atom stereocenters. The van der Waals surface area contributed by atoms with E-state index in [4.69, 9.17) is 0 Å². The molecule has 3 aromatic carbocycles. The van der Waals surface area contributed by atoms with Crippen molar-refractivity contribution in [3.05, 3.63) is 90.0 Å². The van der Waals surface area contributed by atoms with E-state index in [0.29, 0.717) is 36.2 Å². The third-order valence-electron chi connectivity index (χ3n) is 6.83. The van der Waals surface area contributed by atoms with Crippen molar-refractivity contribution in [3.63, 3.8) is 0 Å². The summed E-state index contributed by atoms with van der Waals surface area (Å²) in [4.78, 5) is 23.1. The van der Waals surface area contributed by atoms with Crippen LogP contribution in [0.4, 0.5) is 28.0 Å². The highest BCUT2D eigenvalue weighted by Gasteiger charge is 2.31. The zero-order chi connectivity index (χ0) is 31.3. The summed E-state index contributed by atoms with van der Waals surface area (Å²) >= 11 is 1.50. The third kappa shape index (κ3) is 7.95. The van der Waals surface area contributed by atoms with Crippen LogP contribution < -0.4 is 15.0 Å². The number of aromatic nitrogens is 3. The van der Waals surface area contributed by atoms with Crippen LogP contribution >= 0.6 is 11.8 Å². The molecule has 1 aliphatic rings. The van der Waals surface area contributed by atoms with Crippen LogP contribution in [0.1, 0.15) is 37.3 Å². The van der Waals surface area contributed by atoms with E-state index in [9.17, 15) is 22.4 Å². The van der Waals surface area contributed by atoms with Crippen molar-refractivity contribution in [2.75, 3.05) is 23.7 Å². The van der Waals surface area contributed by atoms with Gasteiger partial charge in [0.05, 0.1) is 5.69 Å². The Morgan fingerprint density at radius 3 is 2.55 bits per heavy atom. The second kappa shape index (κ2) is 13.5. The first-order valence-corrected chi connectivity index (χ1v) is 15.0. The van der Waals surface area contributed by atoms with Crippen molar-refractivity contribution in [2.24, 2.45) is 4.99 Å². The number of benzene rings is 3. The Balaban J connectivity index is 1.11. The fourth-order valence-corrected chi connectivity index (χ4v) is 5.66. The number of amidine groups is 1. The maximum absolute atomic E-state index is 13.8. The van der Waals surface area contributed by atoms with E-state index < -0.39 is 12.4 Å². The van der Waals surface area contributed by atoms with Gasteiger partial charge >= 0.3 is 12.4 Å². The Morgan fingerprint density at radius 2 is 1.84 bits per heavy atom. The molecule has 13 heteroatoms. The van der Waals surface area contributed by atoms with Gasteiger partial charge in [-0.05, 0) is 72.4 Å². The number of halogens is 4.